The number of hydrogen-bond acceptors (Lipinski definition) is 4. The molecule has 1 saturated carbocycles. The first kappa shape index (κ1) is 9.73. The van der Waals surface area contributed by atoms with Crippen LogP contribution in [0.3, 0.4) is 0 Å². The van der Waals surface area contributed by atoms with Crippen molar-refractivity contribution in [3.05, 3.63) is 10.7 Å². The average Bonchev–Trinajstić information content (AvgIpc) is 2.99. The first-order chi connectivity index (χ1) is 7.29. The number of hydrogen-bond donors (Lipinski definition) is 0. The Balaban J connectivity index is 2.05. The summed E-state index contributed by atoms with van der Waals surface area (Å²) >= 11 is 7.70. The van der Waals surface area contributed by atoms with Gasteiger partial charge in [0.2, 0.25) is 0 Å². The highest BCUT2D eigenvalue weighted by atomic mass is 35.5. The summed E-state index contributed by atoms with van der Waals surface area (Å²) in [5.74, 6) is 1.09. The van der Waals surface area contributed by atoms with Gasteiger partial charge in [0, 0.05) is 18.2 Å². The highest BCUT2D eigenvalue weighted by Gasteiger charge is 2.35. The predicted molar refractivity (Wildman–Crippen MR) is 62.9 cm³/mol. The number of halogens is 1. The first-order valence-corrected chi connectivity index (χ1v) is 6.77. The molecule has 0 atom stereocenters. The molecule has 0 amide bonds. The summed E-state index contributed by atoms with van der Waals surface area (Å²) in [4.78, 5) is 11.2. The van der Waals surface area contributed by atoms with Crippen LogP contribution < -0.4 is 4.90 Å². The Morgan fingerprint density at radius 1 is 1.40 bits per heavy atom. The van der Waals surface area contributed by atoms with E-state index in [1.807, 2.05) is 6.26 Å². The fourth-order valence-corrected chi connectivity index (χ4v) is 2.72. The fourth-order valence-electron chi connectivity index (χ4n) is 2.05. The van der Waals surface area contributed by atoms with E-state index in [0.29, 0.717) is 11.2 Å². The molecular weight excluding hydrogens is 230 g/mol. The van der Waals surface area contributed by atoms with Gasteiger partial charge in [0.05, 0.1) is 0 Å². The zero-order valence-electron chi connectivity index (χ0n) is 8.53. The van der Waals surface area contributed by atoms with Crippen LogP contribution in [0.15, 0.2) is 5.16 Å². The Labute approximate surface area is 98.2 Å². The highest BCUT2D eigenvalue weighted by molar-refractivity contribution is 7.98. The quantitative estimate of drug-likeness (QED) is 0.452. The van der Waals surface area contributed by atoms with Gasteiger partial charge in [-0.05, 0) is 25.5 Å². The van der Waals surface area contributed by atoms with Gasteiger partial charge < -0.3 is 4.90 Å². The van der Waals surface area contributed by atoms with E-state index in [0.717, 1.165) is 29.5 Å². The molecule has 2 heterocycles. The zero-order valence-corrected chi connectivity index (χ0v) is 10.1. The van der Waals surface area contributed by atoms with Gasteiger partial charge in [-0.3, -0.25) is 0 Å². The van der Waals surface area contributed by atoms with Crippen molar-refractivity contribution in [2.45, 2.75) is 30.5 Å². The van der Waals surface area contributed by atoms with Crippen LogP contribution in [0.25, 0.3) is 0 Å². The number of anilines is 1. The molecule has 0 spiro atoms. The molecule has 1 aromatic rings. The molecule has 1 aliphatic heterocycles. The molecule has 1 aliphatic carbocycles. The minimum absolute atomic E-state index is 0.646. The van der Waals surface area contributed by atoms with Crippen molar-refractivity contribution in [2.75, 3.05) is 17.7 Å². The molecule has 0 aromatic carbocycles. The lowest BCUT2D eigenvalue weighted by atomic mass is 10.3. The molecule has 3 rings (SSSR count). The molecule has 80 valence electrons. The number of fused-ring (bicyclic) bond motifs is 1. The SMILES string of the molecule is CSc1nc(Cl)c2c(n1)N(C1CC1)CC2. The highest BCUT2D eigenvalue weighted by Crippen LogP contribution is 2.39. The smallest absolute Gasteiger partial charge is 0.190 e. The maximum atomic E-state index is 6.15. The number of nitrogens with zero attached hydrogens (tertiary/aromatic N) is 3. The standard InChI is InChI=1S/C10H12ClN3S/c1-15-10-12-8(11)7-4-5-14(6-2-3-6)9(7)13-10/h6H,2-5H2,1H3. The Kier molecular flexibility index (Phi) is 2.29. The Morgan fingerprint density at radius 3 is 2.87 bits per heavy atom. The third-order valence-corrected chi connectivity index (χ3v) is 3.82. The van der Waals surface area contributed by atoms with Crippen LogP contribution in [0.1, 0.15) is 18.4 Å². The largest absolute Gasteiger partial charge is 0.353 e. The molecule has 3 nitrogen and oxygen atoms in total. The molecule has 0 N–H and O–H groups in total. The van der Waals surface area contributed by atoms with E-state index in [1.165, 1.54) is 12.8 Å². The summed E-state index contributed by atoms with van der Waals surface area (Å²) in [6.45, 7) is 1.06. The molecular formula is C10H12ClN3S. The van der Waals surface area contributed by atoms with Gasteiger partial charge >= 0.3 is 0 Å². The summed E-state index contributed by atoms with van der Waals surface area (Å²) in [5, 5.41) is 1.43. The van der Waals surface area contributed by atoms with Crippen molar-refractivity contribution in [1.29, 1.82) is 0 Å². The van der Waals surface area contributed by atoms with Crippen molar-refractivity contribution in [2.24, 2.45) is 0 Å². The average molecular weight is 242 g/mol. The molecule has 15 heavy (non-hydrogen) atoms. The van der Waals surface area contributed by atoms with Crippen molar-refractivity contribution >= 4 is 29.2 Å². The van der Waals surface area contributed by atoms with Gasteiger partial charge in [0.15, 0.2) is 5.16 Å². The minimum Gasteiger partial charge on any atom is -0.353 e. The molecule has 0 saturated heterocycles. The van der Waals surface area contributed by atoms with Gasteiger partial charge in [-0.25, -0.2) is 9.97 Å². The minimum atomic E-state index is 0.646. The third-order valence-electron chi connectivity index (χ3n) is 2.96. The second-order valence-electron chi connectivity index (χ2n) is 3.98. The molecule has 0 radical (unpaired) electrons. The lowest BCUT2D eigenvalue weighted by Crippen LogP contribution is -2.23. The predicted octanol–water partition coefficient (Wildman–Crippen LogP) is 2.38. The molecule has 5 heteroatoms. The lowest BCUT2D eigenvalue weighted by molar-refractivity contribution is 0.812. The molecule has 1 aromatic heterocycles. The van der Waals surface area contributed by atoms with Crippen LogP contribution in [0.5, 0.6) is 0 Å². The fraction of sp³-hybridized carbons (Fsp3) is 0.600. The normalized spacial score (nSPS) is 19.5. The molecule has 1 fully saturated rings. The second kappa shape index (κ2) is 3.52. The van der Waals surface area contributed by atoms with Crippen molar-refractivity contribution in [3.8, 4) is 0 Å². The van der Waals surface area contributed by atoms with Gasteiger partial charge in [-0.2, -0.15) is 0 Å². The van der Waals surface area contributed by atoms with E-state index in [2.05, 4.69) is 14.9 Å². The van der Waals surface area contributed by atoms with Gasteiger partial charge in [-0.15, -0.1) is 0 Å². The van der Waals surface area contributed by atoms with E-state index in [9.17, 15) is 0 Å². The van der Waals surface area contributed by atoms with Gasteiger partial charge in [0.1, 0.15) is 11.0 Å². The third kappa shape index (κ3) is 1.60. The van der Waals surface area contributed by atoms with Gasteiger partial charge in [0.25, 0.3) is 0 Å². The van der Waals surface area contributed by atoms with Crippen LogP contribution in [0.2, 0.25) is 5.15 Å². The Hall–Kier alpha value is -0.480. The van der Waals surface area contributed by atoms with Crippen LogP contribution in [-0.2, 0) is 6.42 Å². The Morgan fingerprint density at radius 2 is 2.20 bits per heavy atom. The summed E-state index contributed by atoms with van der Waals surface area (Å²) in [7, 11) is 0. The number of rotatable bonds is 2. The summed E-state index contributed by atoms with van der Waals surface area (Å²) < 4.78 is 0. The summed E-state index contributed by atoms with van der Waals surface area (Å²) in [6, 6.07) is 0.715. The van der Waals surface area contributed by atoms with Gasteiger partial charge in [-0.1, -0.05) is 23.4 Å². The van der Waals surface area contributed by atoms with Crippen molar-refractivity contribution < 1.29 is 0 Å². The maximum absolute atomic E-state index is 6.15. The monoisotopic (exact) mass is 241 g/mol. The first-order valence-electron chi connectivity index (χ1n) is 5.16. The zero-order chi connectivity index (χ0) is 10.4. The molecule has 2 aliphatic rings. The van der Waals surface area contributed by atoms with E-state index >= 15 is 0 Å². The van der Waals surface area contributed by atoms with E-state index in [-0.39, 0.29) is 0 Å². The molecule has 0 bridgehead atoms. The van der Waals surface area contributed by atoms with Crippen LogP contribution in [0, 0.1) is 0 Å². The topological polar surface area (TPSA) is 29.0 Å². The van der Waals surface area contributed by atoms with Crippen LogP contribution in [-0.4, -0.2) is 28.8 Å². The van der Waals surface area contributed by atoms with Crippen LogP contribution in [0.4, 0.5) is 5.82 Å². The maximum Gasteiger partial charge on any atom is 0.190 e. The summed E-state index contributed by atoms with van der Waals surface area (Å²) in [5.41, 5.74) is 1.14. The second-order valence-corrected chi connectivity index (χ2v) is 5.11. The van der Waals surface area contributed by atoms with E-state index in [4.69, 9.17) is 11.6 Å². The van der Waals surface area contributed by atoms with E-state index in [1.54, 1.807) is 11.8 Å². The van der Waals surface area contributed by atoms with E-state index < -0.39 is 0 Å². The molecule has 0 unspecified atom stereocenters. The lowest BCUT2D eigenvalue weighted by Gasteiger charge is -2.17. The van der Waals surface area contributed by atoms with Crippen LogP contribution >= 0.6 is 23.4 Å². The Bertz CT molecular complexity index is 406. The van der Waals surface area contributed by atoms with Crippen molar-refractivity contribution in [3.63, 3.8) is 0 Å². The van der Waals surface area contributed by atoms with Crippen molar-refractivity contribution in [1.82, 2.24) is 9.97 Å². The number of thioether (sulfide) groups is 1. The number of aromatic nitrogens is 2. The summed E-state index contributed by atoms with van der Waals surface area (Å²) in [6.07, 6.45) is 5.58.